The highest BCUT2D eigenvalue weighted by Gasteiger charge is 2.08. The lowest BCUT2D eigenvalue weighted by molar-refractivity contribution is 0.225. The van der Waals surface area contributed by atoms with Gasteiger partial charge in [0.25, 0.3) is 0 Å². The smallest absolute Gasteiger partial charge is 0.137 e. The van der Waals surface area contributed by atoms with Gasteiger partial charge in [0.1, 0.15) is 5.82 Å². The van der Waals surface area contributed by atoms with E-state index in [1.54, 1.807) is 0 Å². The molecule has 0 N–H and O–H groups in total. The average Bonchev–Trinajstić information content (AvgIpc) is 2.19. The van der Waals surface area contributed by atoms with Crippen molar-refractivity contribution < 1.29 is 4.39 Å². The fourth-order valence-corrected chi connectivity index (χ4v) is 1.96. The predicted octanol–water partition coefficient (Wildman–Crippen LogP) is 3.82. The number of halogens is 2. The summed E-state index contributed by atoms with van der Waals surface area (Å²) in [4.78, 5) is 2.33. The maximum absolute atomic E-state index is 13.0. The molecule has 1 nitrogen and oxygen atoms in total. The summed E-state index contributed by atoms with van der Waals surface area (Å²) in [6, 6.07) is 5.71. The summed E-state index contributed by atoms with van der Waals surface area (Å²) in [6.07, 6.45) is 0. The lowest BCUT2D eigenvalue weighted by Crippen LogP contribution is -2.29. The number of benzene rings is 1. The minimum absolute atomic E-state index is 0.202. The van der Waals surface area contributed by atoms with Crippen molar-refractivity contribution in [1.29, 1.82) is 0 Å². The molecule has 0 aliphatic carbocycles. The van der Waals surface area contributed by atoms with Gasteiger partial charge < -0.3 is 0 Å². The van der Waals surface area contributed by atoms with Crippen molar-refractivity contribution in [2.75, 3.05) is 6.54 Å². The van der Waals surface area contributed by atoms with Crippen LogP contribution in [0.2, 0.25) is 0 Å². The van der Waals surface area contributed by atoms with E-state index < -0.39 is 0 Å². The lowest BCUT2D eigenvalue weighted by atomic mass is 10.2. The highest BCUT2D eigenvalue weighted by Crippen LogP contribution is 2.18. The Hall–Kier alpha value is -0.410. The maximum atomic E-state index is 13.0. The van der Waals surface area contributed by atoms with Gasteiger partial charge in [-0.05, 0) is 54.0 Å². The van der Waals surface area contributed by atoms with Crippen molar-refractivity contribution in [1.82, 2.24) is 4.90 Å². The molecule has 0 heterocycles. The Balaban J connectivity index is 2.75. The molecule has 15 heavy (non-hydrogen) atoms. The minimum atomic E-state index is -0.202. The van der Waals surface area contributed by atoms with E-state index in [1.807, 2.05) is 12.1 Å². The molecule has 0 radical (unpaired) electrons. The number of hydrogen-bond acceptors (Lipinski definition) is 1. The first-order valence-corrected chi connectivity index (χ1v) is 6.02. The highest BCUT2D eigenvalue weighted by atomic mass is 79.9. The Kier molecular flexibility index (Phi) is 4.74. The van der Waals surface area contributed by atoms with Crippen LogP contribution in [0.5, 0.6) is 0 Å². The van der Waals surface area contributed by atoms with Crippen LogP contribution in [0.25, 0.3) is 0 Å². The van der Waals surface area contributed by atoms with Crippen LogP contribution in [0.3, 0.4) is 0 Å². The van der Waals surface area contributed by atoms with Crippen LogP contribution in [0.15, 0.2) is 22.7 Å². The zero-order valence-corrected chi connectivity index (χ0v) is 11.0. The number of nitrogens with zero attached hydrogens (tertiary/aromatic N) is 1. The second-order valence-electron chi connectivity index (χ2n) is 3.91. The van der Waals surface area contributed by atoms with Gasteiger partial charge in [0.15, 0.2) is 0 Å². The zero-order valence-electron chi connectivity index (χ0n) is 9.43. The van der Waals surface area contributed by atoms with E-state index in [0.29, 0.717) is 10.5 Å². The van der Waals surface area contributed by atoms with Crippen LogP contribution < -0.4 is 0 Å². The largest absolute Gasteiger partial charge is 0.297 e. The van der Waals surface area contributed by atoms with Crippen molar-refractivity contribution >= 4 is 15.9 Å². The first kappa shape index (κ1) is 12.7. The van der Waals surface area contributed by atoms with E-state index >= 15 is 0 Å². The van der Waals surface area contributed by atoms with Gasteiger partial charge in [-0.1, -0.05) is 13.0 Å². The quantitative estimate of drug-likeness (QED) is 0.806. The third-order valence-corrected chi connectivity index (χ3v) is 3.11. The second-order valence-corrected chi connectivity index (χ2v) is 4.76. The molecule has 1 rings (SSSR count). The van der Waals surface area contributed by atoms with Crippen molar-refractivity contribution in [3.63, 3.8) is 0 Å². The summed E-state index contributed by atoms with van der Waals surface area (Å²) in [5.41, 5.74) is 1.14. The summed E-state index contributed by atoms with van der Waals surface area (Å²) in [7, 11) is 0. The summed E-state index contributed by atoms with van der Waals surface area (Å²) in [5.74, 6) is -0.202. The van der Waals surface area contributed by atoms with Crippen molar-refractivity contribution in [2.45, 2.75) is 33.4 Å². The predicted molar refractivity (Wildman–Crippen MR) is 65.3 cm³/mol. The van der Waals surface area contributed by atoms with Crippen molar-refractivity contribution in [2.24, 2.45) is 0 Å². The molecule has 0 bridgehead atoms. The molecule has 0 aliphatic rings. The van der Waals surface area contributed by atoms with E-state index in [0.717, 1.165) is 18.7 Å². The SMILES string of the molecule is CCN(Cc1ccc(F)c(Br)c1)C(C)C. The summed E-state index contributed by atoms with van der Waals surface area (Å²) in [5, 5.41) is 0. The maximum Gasteiger partial charge on any atom is 0.137 e. The van der Waals surface area contributed by atoms with E-state index in [4.69, 9.17) is 0 Å². The molecular weight excluding hydrogens is 257 g/mol. The van der Waals surface area contributed by atoms with E-state index in [1.165, 1.54) is 6.07 Å². The Morgan fingerprint density at radius 3 is 2.53 bits per heavy atom. The Morgan fingerprint density at radius 1 is 1.40 bits per heavy atom. The minimum Gasteiger partial charge on any atom is -0.297 e. The third kappa shape index (κ3) is 3.58. The van der Waals surface area contributed by atoms with Gasteiger partial charge in [-0.2, -0.15) is 0 Å². The monoisotopic (exact) mass is 273 g/mol. The number of hydrogen-bond donors (Lipinski definition) is 0. The van der Waals surface area contributed by atoms with E-state index in [-0.39, 0.29) is 5.82 Å². The molecule has 0 fully saturated rings. The standard InChI is InChI=1S/C12H17BrFN/c1-4-15(9(2)3)8-10-5-6-12(14)11(13)7-10/h5-7,9H,4,8H2,1-3H3. The molecule has 0 unspecified atom stereocenters. The van der Waals surface area contributed by atoms with Crippen LogP contribution in [-0.4, -0.2) is 17.5 Å². The zero-order chi connectivity index (χ0) is 11.4. The molecule has 1 aromatic carbocycles. The fraction of sp³-hybridized carbons (Fsp3) is 0.500. The molecule has 84 valence electrons. The van der Waals surface area contributed by atoms with Gasteiger partial charge in [-0.25, -0.2) is 4.39 Å². The molecule has 0 atom stereocenters. The molecular formula is C12H17BrFN. The van der Waals surface area contributed by atoms with Gasteiger partial charge in [-0.15, -0.1) is 0 Å². The Bertz CT molecular complexity index is 325. The fourth-order valence-electron chi connectivity index (χ4n) is 1.53. The highest BCUT2D eigenvalue weighted by molar-refractivity contribution is 9.10. The first-order valence-electron chi connectivity index (χ1n) is 5.22. The van der Waals surface area contributed by atoms with Gasteiger partial charge in [0.05, 0.1) is 4.47 Å². The molecule has 0 aliphatic heterocycles. The summed E-state index contributed by atoms with van der Waals surface area (Å²) >= 11 is 3.20. The second kappa shape index (κ2) is 5.61. The van der Waals surface area contributed by atoms with E-state index in [9.17, 15) is 4.39 Å². The van der Waals surface area contributed by atoms with Crippen LogP contribution in [0.1, 0.15) is 26.3 Å². The average molecular weight is 274 g/mol. The molecule has 0 aromatic heterocycles. The van der Waals surface area contributed by atoms with Crippen LogP contribution in [0, 0.1) is 5.82 Å². The molecule has 0 saturated heterocycles. The van der Waals surface area contributed by atoms with Crippen molar-refractivity contribution in [3.05, 3.63) is 34.1 Å². The first-order chi connectivity index (χ1) is 7.04. The van der Waals surface area contributed by atoms with Gasteiger partial charge >= 0.3 is 0 Å². The lowest BCUT2D eigenvalue weighted by Gasteiger charge is -2.24. The van der Waals surface area contributed by atoms with Gasteiger partial charge in [0.2, 0.25) is 0 Å². The topological polar surface area (TPSA) is 3.24 Å². The van der Waals surface area contributed by atoms with Crippen LogP contribution in [0.4, 0.5) is 4.39 Å². The van der Waals surface area contributed by atoms with Crippen LogP contribution in [-0.2, 0) is 6.54 Å². The summed E-state index contributed by atoms with van der Waals surface area (Å²) in [6.45, 7) is 8.35. The Morgan fingerprint density at radius 2 is 2.07 bits per heavy atom. The molecule has 1 aromatic rings. The van der Waals surface area contributed by atoms with Gasteiger partial charge in [0, 0.05) is 12.6 Å². The molecule has 0 spiro atoms. The van der Waals surface area contributed by atoms with E-state index in [2.05, 4.69) is 41.6 Å². The molecule has 0 amide bonds. The normalized spacial score (nSPS) is 11.4. The van der Waals surface area contributed by atoms with Crippen LogP contribution >= 0.6 is 15.9 Å². The third-order valence-electron chi connectivity index (χ3n) is 2.51. The number of rotatable bonds is 4. The van der Waals surface area contributed by atoms with Gasteiger partial charge in [-0.3, -0.25) is 4.90 Å². The van der Waals surface area contributed by atoms with Crippen molar-refractivity contribution in [3.8, 4) is 0 Å². The molecule has 3 heteroatoms. The Labute approximate surface area is 99.4 Å². The summed E-state index contributed by atoms with van der Waals surface area (Å²) < 4.78 is 13.6. The molecule has 0 saturated carbocycles.